The van der Waals surface area contributed by atoms with Crippen molar-refractivity contribution in [3.8, 4) is 0 Å². The fourth-order valence-corrected chi connectivity index (χ4v) is 4.01. The van der Waals surface area contributed by atoms with E-state index in [0.717, 1.165) is 24.9 Å². The number of hydrogen-bond acceptors (Lipinski definition) is 4. The molecule has 1 fully saturated rings. The summed E-state index contributed by atoms with van der Waals surface area (Å²) in [6.07, 6.45) is 15.3. The number of pyridine rings is 1. The Morgan fingerprint density at radius 2 is 2.25 bits per heavy atom. The lowest BCUT2D eigenvalue weighted by atomic mass is 10.0. The molecule has 2 aromatic heterocycles. The van der Waals surface area contributed by atoms with Gasteiger partial charge in [-0.05, 0) is 37.8 Å². The van der Waals surface area contributed by atoms with Gasteiger partial charge in [0, 0.05) is 18.0 Å². The first-order valence-electron chi connectivity index (χ1n) is 7.27. The first kappa shape index (κ1) is 12.2. The molecule has 102 valence electrons. The molecule has 0 radical (unpaired) electrons. The third kappa shape index (κ3) is 2.09. The van der Waals surface area contributed by atoms with Gasteiger partial charge >= 0.3 is 0 Å². The lowest BCUT2D eigenvalue weighted by Gasteiger charge is -2.07. The summed E-state index contributed by atoms with van der Waals surface area (Å²) in [5.41, 5.74) is 3.57. The maximum atomic E-state index is 4.91. The van der Waals surface area contributed by atoms with Crippen LogP contribution in [0, 0.1) is 0 Å². The van der Waals surface area contributed by atoms with Crippen LogP contribution in [-0.2, 0) is 0 Å². The highest BCUT2D eigenvalue weighted by atomic mass is 32.1. The summed E-state index contributed by atoms with van der Waals surface area (Å²) in [7, 11) is 0. The van der Waals surface area contributed by atoms with Gasteiger partial charge in [0.1, 0.15) is 5.01 Å². The van der Waals surface area contributed by atoms with Crippen molar-refractivity contribution < 1.29 is 0 Å². The Morgan fingerprint density at radius 3 is 3.05 bits per heavy atom. The first-order valence-corrected chi connectivity index (χ1v) is 8.08. The molecule has 0 spiro atoms. The van der Waals surface area contributed by atoms with E-state index in [1.165, 1.54) is 33.7 Å². The van der Waals surface area contributed by atoms with Crippen molar-refractivity contribution in [2.24, 2.45) is 0 Å². The van der Waals surface area contributed by atoms with E-state index in [9.17, 15) is 0 Å². The van der Waals surface area contributed by atoms with E-state index in [-0.39, 0.29) is 0 Å². The second-order valence-electron chi connectivity index (χ2n) is 5.37. The van der Waals surface area contributed by atoms with Crippen LogP contribution in [-0.4, -0.2) is 16.5 Å². The normalized spacial score (nSPS) is 22.4. The van der Waals surface area contributed by atoms with Gasteiger partial charge in [-0.2, -0.15) is 0 Å². The van der Waals surface area contributed by atoms with E-state index in [2.05, 4.69) is 28.5 Å². The van der Waals surface area contributed by atoms with Gasteiger partial charge in [-0.25, -0.2) is 4.98 Å². The number of rotatable bonds is 2. The quantitative estimate of drug-likeness (QED) is 0.909. The number of allylic oxidation sites excluding steroid dienone is 4. The molecule has 4 heteroatoms. The van der Waals surface area contributed by atoms with Gasteiger partial charge in [0.05, 0.1) is 16.3 Å². The molecule has 0 aromatic carbocycles. The summed E-state index contributed by atoms with van der Waals surface area (Å²) in [5.74, 6) is 0. The van der Waals surface area contributed by atoms with E-state index in [0.29, 0.717) is 6.04 Å². The highest BCUT2D eigenvalue weighted by Crippen LogP contribution is 2.34. The number of nitrogens with zero attached hydrogens (tertiary/aromatic N) is 2. The zero-order chi connectivity index (χ0) is 13.4. The molecule has 4 rings (SSSR count). The second kappa shape index (κ2) is 5.11. The number of aromatic nitrogens is 2. The maximum Gasteiger partial charge on any atom is 0.111 e. The van der Waals surface area contributed by atoms with E-state index >= 15 is 0 Å². The summed E-state index contributed by atoms with van der Waals surface area (Å²) in [6.45, 7) is 1.11. The molecule has 1 saturated heterocycles. The third-order valence-corrected chi connectivity index (χ3v) is 5.09. The Bertz CT molecular complexity index is 693. The molecule has 0 saturated carbocycles. The molecule has 1 aliphatic heterocycles. The zero-order valence-corrected chi connectivity index (χ0v) is 12.1. The number of nitrogens with one attached hydrogen (secondary N) is 1. The van der Waals surface area contributed by atoms with E-state index < -0.39 is 0 Å². The van der Waals surface area contributed by atoms with Crippen molar-refractivity contribution in [2.75, 3.05) is 6.54 Å². The molecule has 3 nitrogen and oxygen atoms in total. The molecular weight excluding hydrogens is 266 g/mol. The van der Waals surface area contributed by atoms with Crippen molar-refractivity contribution in [3.05, 3.63) is 41.2 Å². The molecule has 1 aliphatic carbocycles. The Morgan fingerprint density at radius 1 is 1.25 bits per heavy atom. The lowest BCUT2D eigenvalue weighted by Crippen LogP contribution is -2.12. The average Bonchev–Trinajstić information content (AvgIpc) is 3.16. The van der Waals surface area contributed by atoms with Crippen LogP contribution >= 0.6 is 11.3 Å². The van der Waals surface area contributed by atoms with Gasteiger partial charge in [-0.3, -0.25) is 4.98 Å². The second-order valence-corrected chi connectivity index (χ2v) is 6.44. The molecule has 20 heavy (non-hydrogen) atoms. The van der Waals surface area contributed by atoms with Crippen molar-refractivity contribution in [3.63, 3.8) is 0 Å². The van der Waals surface area contributed by atoms with Gasteiger partial charge in [0.15, 0.2) is 0 Å². The van der Waals surface area contributed by atoms with Crippen molar-refractivity contribution in [2.45, 2.75) is 31.7 Å². The van der Waals surface area contributed by atoms with Crippen molar-refractivity contribution >= 4 is 27.1 Å². The average molecular weight is 283 g/mol. The number of fused-ring (bicyclic) bond motifs is 1. The molecule has 1 N–H and O–H groups in total. The van der Waals surface area contributed by atoms with Gasteiger partial charge in [-0.1, -0.05) is 18.2 Å². The van der Waals surface area contributed by atoms with Crippen LogP contribution in [0.4, 0.5) is 0 Å². The minimum Gasteiger partial charge on any atom is -0.308 e. The third-order valence-electron chi connectivity index (χ3n) is 3.98. The molecule has 0 amide bonds. The Hall–Kier alpha value is -1.52. The molecule has 3 heterocycles. The standard InChI is InChI=1S/C16H17N3S/c1-2-5-11(6-3-1)12-9-17-10-14-15(12)19-16(20-14)13-7-4-8-18-13/h2,5-6,9-10,13,18H,1,3-4,7-8H2/t13-/m0/s1. The topological polar surface area (TPSA) is 37.8 Å². The Kier molecular flexibility index (Phi) is 3.13. The Balaban J connectivity index is 1.81. The van der Waals surface area contributed by atoms with Gasteiger partial charge < -0.3 is 5.32 Å². The van der Waals surface area contributed by atoms with Crippen molar-refractivity contribution in [1.29, 1.82) is 0 Å². The minimum atomic E-state index is 0.441. The van der Waals surface area contributed by atoms with Gasteiger partial charge in [0.25, 0.3) is 0 Å². The van der Waals surface area contributed by atoms with Crippen LogP contribution in [0.15, 0.2) is 30.6 Å². The van der Waals surface area contributed by atoms with Crippen LogP contribution in [0.1, 0.15) is 42.3 Å². The summed E-state index contributed by atoms with van der Waals surface area (Å²) in [5, 5.41) is 4.75. The van der Waals surface area contributed by atoms with Crippen LogP contribution in [0.5, 0.6) is 0 Å². The van der Waals surface area contributed by atoms with E-state index in [1.807, 2.05) is 12.4 Å². The molecule has 2 aromatic rings. The highest BCUT2D eigenvalue weighted by Gasteiger charge is 2.21. The number of hydrogen-bond donors (Lipinski definition) is 1. The largest absolute Gasteiger partial charge is 0.308 e. The van der Waals surface area contributed by atoms with E-state index in [1.54, 1.807) is 11.3 Å². The van der Waals surface area contributed by atoms with Gasteiger partial charge in [-0.15, -0.1) is 11.3 Å². The summed E-state index contributed by atoms with van der Waals surface area (Å²) >= 11 is 1.79. The SMILES string of the molecule is C1=CC(c2cncc3sc([C@@H]4CCCN4)nc23)=CCC1. The predicted octanol–water partition coefficient (Wildman–Crippen LogP) is 3.85. The summed E-state index contributed by atoms with van der Waals surface area (Å²) in [4.78, 5) is 9.31. The maximum absolute atomic E-state index is 4.91. The fourth-order valence-electron chi connectivity index (χ4n) is 2.94. The summed E-state index contributed by atoms with van der Waals surface area (Å²) in [6, 6.07) is 0.441. The van der Waals surface area contributed by atoms with Crippen LogP contribution in [0.3, 0.4) is 0 Å². The van der Waals surface area contributed by atoms with E-state index in [4.69, 9.17) is 4.98 Å². The molecular formula is C16H17N3S. The first-order chi connectivity index (χ1) is 9.92. The van der Waals surface area contributed by atoms with Crippen LogP contribution in [0.25, 0.3) is 15.8 Å². The molecule has 2 aliphatic rings. The van der Waals surface area contributed by atoms with Crippen LogP contribution in [0.2, 0.25) is 0 Å². The monoisotopic (exact) mass is 283 g/mol. The molecule has 0 unspecified atom stereocenters. The van der Waals surface area contributed by atoms with Crippen LogP contribution < -0.4 is 5.32 Å². The predicted molar refractivity (Wildman–Crippen MR) is 83.7 cm³/mol. The van der Waals surface area contributed by atoms with Crippen molar-refractivity contribution in [1.82, 2.24) is 15.3 Å². The molecule has 1 atom stereocenters. The smallest absolute Gasteiger partial charge is 0.111 e. The highest BCUT2D eigenvalue weighted by molar-refractivity contribution is 7.18. The zero-order valence-electron chi connectivity index (χ0n) is 11.3. The molecule has 0 bridgehead atoms. The number of thiazole rings is 1. The summed E-state index contributed by atoms with van der Waals surface area (Å²) < 4.78 is 1.20. The minimum absolute atomic E-state index is 0.441. The lowest BCUT2D eigenvalue weighted by molar-refractivity contribution is 0.644. The Labute approximate surface area is 122 Å². The fraction of sp³-hybridized carbons (Fsp3) is 0.375. The van der Waals surface area contributed by atoms with Gasteiger partial charge in [0.2, 0.25) is 0 Å².